The lowest BCUT2D eigenvalue weighted by molar-refractivity contribution is 0.407. The highest BCUT2D eigenvalue weighted by Crippen LogP contribution is 2.20. The molecule has 26 heavy (non-hydrogen) atoms. The molecular weight excluding hydrogens is 316 g/mol. The van der Waals surface area contributed by atoms with Crippen LogP contribution >= 0.6 is 0 Å². The first-order valence-electron chi connectivity index (χ1n) is 9.77. The van der Waals surface area contributed by atoms with Gasteiger partial charge in [-0.3, -0.25) is 4.57 Å². The van der Waals surface area contributed by atoms with Gasteiger partial charge in [-0.25, -0.2) is 4.98 Å². The molecule has 140 valence electrons. The molecule has 0 radical (unpaired) electrons. The second-order valence-electron chi connectivity index (χ2n) is 6.45. The van der Waals surface area contributed by atoms with Crippen LogP contribution in [0.4, 0.5) is 0 Å². The van der Waals surface area contributed by atoms with E-state index in [1.807, 2.05) is 62.6 Å². The Bertz CT molecular complexity index is 645. The fourth-order valence-electron chi connectivity index (χ4n) is 2.37. The van der Waals surface area contributed by atoms with Crippen LogP contribution < -0.4 is 0 Å². The van der Waals surface area contributed by atoms with Crippen molar-refractivity contribution >= 4 is 0 Å². The highest BCUT2D eigenvalue weighted by molar-refractivity contribution is 5.58. The molecule has 0 saturated carbocycles. The predicted molar refractivity (Wildman–Crippen MR) is 115 cm³/mol. The van der Waals surface area contributed by atoms with E-state index in [1.54, 1.807) is 0 Å². The van der Waals surface area contributed by atoms with Crippen LogP contribution in [0.15, 0.2) is 73.1 Å². The third-order valence-corrected chi connectivity index (χ3v) is 4.49. The lowest BCUT2D eigenvalue weighted by Gasteiger charge is -2.10. The van der Waals surface area contributed by atoms with Crippen LogP contribution in [0, 0.1) is 11.8 Å². The summed E-state index contributed by atoms with van der Waals surface area (Å²) in [5, 5.41) is 0. The molecule has 1 unspecified atom stereocenters. The van der Waals surface area contributed by atoms with Crippen LogP contribution in [0.1, 0.15) is 48.0 Å². The van der Waals surface area contributed by atoms with Gasteiger partial charge in [0.1, 0.15) is 5.82 Å². The number of hydrogen-bond donors (Lipinski definition) is 0. The summed E-state index contributed by atoms with van der Waals surface area (Å²) in [6.45, 7) is 13.1. The molecule has 0 saturated heterocycles. The smallest absolute Gasteiger partial charge is 0.144 e. The molecule has 1 aromatic heterocycles. The first-order valence-corrected chi connectivity index (χ1v) is 9.77. The van der Waals surface area contributed by atoms with E-state index in [2.05, 4.69) is 61.5 Å². The van der Waals surface area contributed by atoms with Crippen molar-refractivity contribution < 1.29 is 0 Å². The fraction of sp³-hybridized carbons (Fsp3) is 0.375. The molecule has 0 aliphatic heterocycles. The van der Waals surface area contributed by atoms with Crippen molar-refractivity contribution in [2.75, 3.05) is 0 Å². The van der Waals surface area contributed by atoms with Crippen LogP contribution in [-0.4, -0.2) is 9.55 Å². The SMILES string of the molecule is CC.CCC(C)C(C)C.c1ccc(-c2nccn2-c2ccccc2)cc1. The van der Waals surface area contributed by atoms with Gasteiger partial charge in [-0.15, -0.1) is 0 Å². The standard InChI is InChI=1S/C15H12N2.C7H16.C2H6/c1-3-7-13(8-4-1)15-16-11-12-17(15)14-9-5-2-6-10-14;1-5-7(4)6(2)3;1-2/h1-12H;6-7H,5H2,1-4H3;1-2H3. The monoisotopic (exact) mass is 350 g/mol. The second-order valence-corrected chi connectivity index (χ2v) is 6.45. The number of para-hydroxylation sites is 1. The molecule has 0 spiro atoms. The molecule has 2 heteroatoms. The van der Waals surface area contributed by atoms with Crippen molar-refractivity contribution in [3.8, 4) is 17.1 Å². The Hall–Kier alpha value is -2.35. The van der Waals surface area contributed by atoms with E-state index in [0.29, 0.717) is 0 Å². The normalized spacial score (nSPS) is 11.0. The lowest BCUT2D eigenvalue weighted by Crippen LogP contribution is -2.00. The molecule has 2 aromatic carbocycles. The minimum atomic E-state index is 0.866. The van der Waals surface area contributed by atoms with E-state index in [1.165, 1.54) is 6.42 Å². The van der Waals surface area contributed by atoms with Gasteiger partial charge in [0.05, 0.1) is 0 Å². The summed E-state index contributed by atoms with van der Waals surface area (Å²) in [6.07, 6.45) is 5.13. The van der Waals surface area contributed by atoms with Gasteiger partial charge in [-0.1, -0.05) is 96.5 Å². The molecule has 3 aromatic rings. The topological polar surface area (TPSA) is 17.8 Å². The molecule has 0 fully saturated rings. The number of benzene rings is 2. The Kier molecular flexibility index (Phi) is 10.1. The van der Waals surface area contributed by atoms with Crippen molar-refractivity contribution in [3.63, 3.8) is 0 Å². The summed E-state index contributed by atoms with van der Waals surface area (Å²) < 4.78 is 2.09. The van der Waals surface area contributed by atoms with E-state index in [9.17, 15) is 0 Å². The minimum Gasteiger partial charge on any atom is -0.300 e. The maximum Gasteiger partial charge on any atom is 0.144 e. The van der Waals surface area contributed by atoms with Crippen molar-refractivity contribution in [2.24, 2.45) is 11.8 Å². The summed E-state index contributed by atoms with van der Waals surface area (Å²) in [5.74, 6) is 2.74. The van der Waals surface area contributed by atoms with E-state index in [4.69, 9.17) is 0 Å². The molecule has 2 nitrogen and oxygen atoms in total. The first-order chi connectivity index (χ1) is 12.6. The van der Waals surface area contributed by atoms with E-state index in [0.717, 1.165) is 28.9 Å². The van der Waals surface area contributed by atoms with Gasteiger partial charge in [0, 0.05) is 23.6 Å². The van der Waals surface area contributed by atoms with Crippen LogP contribution in [-0.2, 0) is 0 Å². The van der Waals surface area contributed by atoms with Gasteiger partial charge in [-0.2, -0.15) is 0 Å². The van der Waals surface area contributed by atoms with Crippen LogP contribution in [0.5, 0.6) is 0 Å². The maximum atomic E-state index is 4.43. The number of aromatic nitrogens is 2. The second kappa shape index (κ2) is 12.1. The number of imidazole rings is 1. The van der Waals surface area contributed by atoms with Crippen LogP contribution in [0.25, 0.3) is 17.1 Å². The molecule has 1 heterocycles. The van der Waals surface area contributed by atoms with E-state index in [-0.39, 0.29) is 0 Å². The Morgan fingerprint density at radius 3 is 1.85 bits per heavy atom. The third-order valence-electron chi connectivity index (χ3n) is 4.49. The molecular formula is C24H34N2. The zero-order valence-electron chi connectivity index (χ0n) is 17.2. The van der Waals surface area contributed by atoms with E-state index < -0.39 is 0 Å². The quantitative estimate of drug-likeness (QED) is 0.484. The van der Waals surface area contributed by atoms with Crippen LogP contribution in [0.2, 0.25) is 0 Å². The van der Waals surface area contributed by atoms with Gasteiger partial charge in [0.15, 0.2) is 0 Å². The van der Waals surface area contributed by atoms with E-state index >= 15 is 0 Å². The third kappa shape index (κ3) is 6.51. The van der Waals surface area contributed by atoms with Gasteiger partial charge in [-0.05, 0) is 24.0 Å². The first kappa shape index (κ1) is 21.7. The minimum absolute atomic E-state index is 0.866. The van der Waals surface area contributed by atoms with Crippen molar-refractivity contribution in [3.05, 3.63) is 73.1 Å². The molecule has 1 atom stereocenters. The fourth-order valence-corrected chi connectivity index (χ4v) is 2.37. The largest absolute Gasteiger partial charge is 0.300 e. The number of nitrogens with zero attached hydrogens (tertiary/aromatic N) is 2. The lowest BCUT2D eigenvalue weighted by atomic mass is 9.96. The van der Waals surface area contributed by atoms with Gasteiger partial charge in [0.25, 0.3) is 0 Å². The number of rotatable bonds is 4. The Morgan fingerprint density at radius 2 is 1.38 bits per heavy atom. The van der Waals surface area contributed by atoms with Crippen LogP contribution in [0.3, 0.4) is 0 Å². The molecule has 0 amide bonds. The summed E-state index contributed by atoms with van der Waals surface area (Å²) in [7, 11) is 0. The Morgan fingerprint density at radius 1 is 0.846 bits per heavy atom. The van der Waals surface area contributed by atoms with Crippen molar-refractivity contribution in [1.82, 2.24) is 9.55 Å². The number of hydrogen-bond acceptors (Lipinski definition) is 1. The molecule has 0 bridgehead atoms. The highest BCUT2D eigenvalue weighted by atomic mass is 15.1. The Balaban J connectivity index is 0.000000321. The van der Waals surface area contributed by atoms with Gasteiger partial charge in [0.2, 0.25) is 0 Å². The molecule has 0 aliphatic carbocycles. The molecule has 3 rings (SSSR count). The highest BCUT2D eigenvalue weighted by Gasteiger charge is 2.06. The Labute approximate surface area is 159 Å². The van der Waals surface area contributed by atoms with Gasteiger partial charge >= 0.3 is 0 Å². The summed E-state index contributed by atoms with van der Waals surface area (Å²) in [5.41, 5.74) is 2.25. The average Bonchev–Trinajstić information content (AvgIpc) is 3.20. The molecule has 0 aliphatic rings. The molecule has 0 N–H and O–H groups in total. The predicted octanol–water partition coefficient (Wildman–Crippen LogP) is 7.25. The van der Waals surface area contributed by atoms with Crippen molar-refractivity contribution in [2.45, 2.75) is 48.0 Å². The van der Waals surface area contributed by atoms with Crippen molar-refractivity contribution in [1.29, 1.82) is 0 Å². The zero-order valence-corrected chi connectivity index (χ0v) is 17.2. The van der Waals surface area contributed by atoms with Gasteiger partial charge < -0.3 is 0 Å². The zero-order chi connectivity index (χ0) is 19.4. The summed E-state index contributed by atoms with van der Waals surface area (Å²) in [6, 6.07) is 20.4. The average molecular weight is 351 g/mol. The maximum absolute atomic E-state index is 4.43. The summed E-state index contributed by atoms with van der Waals surface area (Å²) in [4.78, 5) is 4.43. The summed E-state index contributed by atoms with van der Waals surface area (Å²) >= 11 is 0.